The van der Waals surface area contributed by atoms with Gasteiger partial charge in [-0.3, -0.25) is 4.79 Å². The van der Waals surface area contributed by atoms with Crippen LogP contribution in [0, 0.1) is 0 Å². The summed E-state index contributed by atoms with van der Waals surface area (Å²) >= 11 is 12.1. The van der Waals surface area contributed by atoms with E-state index in [2.05, 4.69) is 4.98 Å². The molecule has 126 valence electrons. The van der Waals surface area contributed by atoms with E-state index >= 15 is 0 Å². The average Bonchev–Trinajstić information content (AvgIpc) is 2.92. The van der Waals surface area contributed by atoms with Gasteiger partial charge in [-0.1, -0.05) is 35.3 Å². The number of aliphatic hydroxyl groups is 1. The zero-order valence-corrected chi connectivity index (χ0v) is 14.6. The van der Waals surface area contributed by atoms with Gasteiger partial charge in [0.15, 0.2) is 0 Å². The first-order valence-corrected chi connectivity index (χ1v) is 7.65. The normalized spacial score (nSPS) is 11.8. The first-order chi connectivity index (χ1) is 10.5. The Hall–Kier alpha value is -1.27. The highest BCUT2D eigenvalue weighted by molar-refractivity contribution is 6.42. The molecular weight excluding hydrogens is 361 g/mol. The topological polar surface area (TPSA) is 81.1 Å². The lowest BCUT2D eigenvalue weighted by Crippen LogP contribution is -2.15. The Morgan fingerprint density at radius 1 is 1.39 bits per heavy atom. The Bertz CT molecular complexity index is 661. The first kappa shape index (κ1) is 19.8. The van der Waals surface area contributed by atoms with Crippen LogP contribution < -0.4 is 5.73 Å². The summed E-state index contributed by atoms with van der Waals surface area (Å²) in [5, 5.41) is 11.1. The van der Waals surface area contributed by atoms with E-state index in [1.165, 1.54) is 12.5 Å². The molecule has 8 heteroatoms. The van der Waals surface area contributed by atoms with E-state index in [0.29, 0.717) is 23.0 Å². The van der Waals surface area contributed by atoms with Crippen LogP contribution in [0.1, 0.15) is 28.9 Å². The number of carbonyl (C=O) groups excluding carboxylic acids is 1. The van der Waals surface area contributed by atoms with Crippen molar-refractivity contribution in [2.24, 2.45) is 5.73 Å². The van der Waals surface area contributed by atoms with Crippen LogP contribution in [0.25, 0.3) is 0 Å². The molecule has 0 saturated heterocycles. The van der Waals surface area contributed by atoms with Crippen LogP contribution in [-0.2, 0) is 13.0 Å². The van der Waals surface area contributed by atoms with Crippen molar-refractivity contribution < 1.29 is 9.90 Å². The Balaban J connectivity index is 0.00000264. The van der Waals surface area contributed by atoms with Crippen molar-refractivity contribution in [2.75, 3.05) is 0 Å². The van der Waals surface area contributed by atoms with Crippen LogP contribution >= 0.6 is 35.6 Å². The fraction of sp³-hybridized carbons (Fsp3) is 0.333. The van der Waals surface area contributed by atoms with Crippen molar-refractivity contribution in [3.8, 4) is 0 Å². The van der Waals surface area contributed by atoms with Crippen LogP contribution in [0.2, 0.25) is 10.0 Å². The number of halogens is 3. The number of primary amides is 1. The summed E-state index contributed by atoms with van der Waals surface area (Å²) in [6.07, 6.45) is 4.60. The number of carbonyl (C=O) groups is 1. The molecule has 2 aromatic rings. The Kier molecular flexibility index (Phi) is 7.85. The van der Waals surface area contributed by atoms with Crippen molar-refractivity contribution >= 4 is 41.5 Å². The molecule has 0 radical (unpaired) electrons. The molecule has 1 aromatic heterocycles. The fourth-order valence-corrected chi connectivity index (χ4v) is 2.61. The summed E-state index contributed by atoms with van der Waals surface area (Å²) in [6, 6.07) is 5.53. The van der Waals surface area contributed by atoms with Gasteiger partial charge < -0.3 is 15.4 Å². The number of amides is 1. The van der Waals surface area contributed by atoms with E-state index in [0.717, 1.165) is 18.4 Å². The van der Waals surface area contributed by atoms with Gasteiger partial charge in [0.25, 0.3) is 5.91 Å². The molecule has 0 aliphatic rings. The van der Waals surface area contributed by atoms with E-state index in [-0.39, 0.29) is 18.1 Å². The standard InChI is InChI=1S/C15H17Cl2N3O2.ClH/c16-12-6-2-4-10(14(12)17)3-1-5-11(21)7-20-8-13(15(18)22)19-9-20;/h2,4,6,8-9,11,21H,1,3,5,7H2,(H2,18,22);1H/t11-;/m0./s1. The maximum atomic E-state index is 10.9. The molecule has 1 amide bonds. The summed E-state index contributed by atoms with van der Waals surface area (Å²) in [5.41, 5.74) is 6.29. The van der Waals surface area contributed by atoms with E-state index in [4.69, 9.17) is 28.9 Å². The smallest absolute Gasteiger partial charge is 0.268 e. The van der Waals surface area contributed by atoms with Crippen molar-refractivity contribution in [3.63, 3.8) is 0 Å². The van der Waals surface area contributed by atoms with Gasteiger partial charge in [-0.25, -0.2) is 4.98 Å². The second kappa shape index (κ2) is 9.13. The molecule has 0 bridgehead atoms. The highest BCUT2D eigenvalue weighted by Gasteiger charge is 2.10. The second-order valence-corrected chi connectivity index (χ2v) is 5.86. The number of benzene rings is 1. The van der Waals surface area contributed by atoms with Gasteiger partial charge in [0.1, 0.15) is 5.69 Å². The number of hydrogen-bond donors (Lipinski definition) is 2. The van der Waals surface area contributed by atoms with Gasteiger partial charge in [-0.05, 0) is 30.9 Å². The zero-order valence-electron chi connectivity index (χ0n) is 12.3. The largest absolute Gasteiger partial charge is 0.391 e. The van der Waals surface area contributed by atoms with Crippen molar-refractivity contribution in [2.45, 2.75) is 31.9 Å². The van der Waals surface area contributed by atoms with Crippen LogP contribution in [0.3, 0.4) is 0 Å². The molecule has 0 saturated carbocycles. The minimum Gasteiger partial charge on any atom is -0.391 e. The van der Waals surface area contributed by atoms with Crippen molar-refractivity contribution in [1.29, 1.82) is 0 Å². The molecule has 3 N–H and O–H groups in total. The number of aliphatic hydroxyl groups excluding tert-OH is 1. The summed E-state index contributed by atoms with van der Waals surface area (Å²) in [4.78, 5) is 14.8. The minimum atomic E-state index is -0.580. The first-order valence-electron chi connectivity index (χ1n) is 6.90. The number of aromatic nitrogens is 2. The van der Waals surface area contributed by atoms with E-state index in [9.17, 15) is 9.90 Å². The fourth-order valence-electron chi connectivity index (χ4n) is 2.19. The zero-order chi connectivity index (χ0) is 16.1. The van der Waals surface area contributed by atoms with Crippen LogP contribution in [0.5, 0.6) is 0 Å². The van der Waals surface area contributed by atoms with Crippen LogP contribution in [0.15, 0.2) is 30.7 Å². The summed E-state index contributed by atoms with van der Waals surface area (Å²) < 4.78 is 1.65. The molecule has 0 aliphatic heterocycles. The van der Waals surface area contributed by atoms with Gasteiger partial charge in [0.2, 0.25) is 0 Å². The van der Waals surface area contributed by atoms with Gasteiger partial charge in [0.05, 0.1) is 22.5 Å². The minimum absolute atomic E-state index is 0. The SMILES string of the molecule is Cl.NC(=O)c1cn(C[C@@H](O)CCCc2cccc(Cl)c2Cl)cn1. The second-order valence-electron chi connectivity index (χ2n) is 5.08. The van der Waals surface area contributed by atoms with Gasteiger partial charge in [-0.15, -0.1) is 12.4 Å². The molecule has 0 unspecified atom stereocenters. The molecule has 1 atom stereocenters. The van der Waals surface area contributed by atoms with Crippen molar-refractivity contribution in [1.82, 2.24) is 9.55 Å². The van der Waals surface area contributed by atoms with E-state index < -0.39 is 12.0 Å². The molecule has 0 aliphatic carbocycles. The van der Waals surface area contributed by atoms with E-state index in [1.807, 2.05) is 12.1 Å². The molecular formula is C15H18Cl3N3O2. The van der Waals surface area contributed by atoms with Gasteiger partial charge in [-0.2, -0.15) is 0 Å². The monoisotopic (exact) mass is 377 g/mol. The number of rotatable bonds is 7. The maximum Gasteiger partial charge on any atom is 0.268 e. The number of nitrogens with zero attached hydrogens (tertiary/aromatic N) is 2. The van der Waals surface area contributed by atoms with Crippen LogP contribution in [0.4, 0.5) is 0 Å². The molecule has 0 spiro atoms. The summed E-state index contributed by atoms with van der Waals surface area (Å²) in [7, 11) is 0. The third-order valence-electron chi connectivity index (χ3n) is 3.32. The third-order valence-corrected chi connectivity index (χ3v) is 4.18. The summed E-state index contributed by atoms with van der Waals surface area (Å²) in [5.74, 6) is -0.580. The third kappa shape index (κ3) is 5.70. The molecule has 2 rings (SSSR count). The van der Waals surface area contributed by atoms with Gasteiger partial charge >= 0.3 is 0 Å². The Labute approximate surface area is 150 Å². The quantitative estimate of drug-likeness (QED) is 0.777. The highest BCUT2D eigenvalue weighted by atomic mass is 35.5. The number of nitrogens with two attached hydrogens (primary N) is 1. The van der Waals surface area contributed by atoms with Gasteiger partial charge in [0, 0.05) is 12.7 Å². The molecule has 23 heavy (non-hydrogen) atoms. The predicted molar refractivity (Wildman–Crippen MR) is 93.4 cm³/mol. The van der Waals surface area contributed by atoms with E-state index in [1.54, 1.807) is 10.6 Å². The summed E-state index contributed by atoms with van der Waals surface area (Å²) in [6.45, 7) is 0.365. The Morgan fingerprint density at radius 3 is 2.78 bits per heavy atom. The lowest BCUT2D eigenvalue weighted by Gasteiger charge is -2.11. The van der Waals surface area contributed by atoms with Crippen LogP contribution in [-0.4, -0.2) is 26.7 Å². The molecule has 5 nitrogen and oxygen atoms in total. The van der Waals surface area contributed by atoms with Crippen molar-refractivity contribution in [3.05, 3.63) is 52.0 Å². The lowest BCUT2D eigenvalue weighted by atomic mass is 10.1. The maximum absolute atomic E-state index is 10.9. The molecule has 1 aromatic carbocycles. The number of aryl methyl sites for hydroxylation is 1. The number of hydrogen-bond acceptors (Lipinski definition) is 3. The predicted octanol–water partition coefficient (Wildman–Crippen LogP) is 3.09. The molecule has 1 heterocycles. The highest BCUT2D eigenvalue weighted by Crippen LogP contribution is 2.26. The lowest BCUT2D eigenvalue weighted by molar-refractivity contribution is 0.0995. The average molecular weight is 379 g/mol. The Morgan fingerprint density at radius 2 is 2.13 bits per heavy atom. The number of imidazole rings is 1. The molecule has 0 fully saturated rings.